The van der Waals surface area contributed by atoms with Gasteiger partial charge in [0.05, 0.1) is 12.0 Å². The first kappa shape index (κ1) is 32.1. The number of carbonyl (C=O) groups excluding carboxylic acids is 1. The van der Waals surface area contributed by atoms with E-state index in [-0.39, 0.29) is 5.56 Å². The third kappa shape index (κ3) is 8.07. The number of carboxylic acids is 1. The van der Waals surface area contributed by atoms with Crippen molar-refractivity contribution in [2.45, 2.75) is 43.1 Å². The van der Waals surface area contributed by atoms with Crippen molar-refractivity contribution >= 4 is 12.0 Å². The molecule has 1 unspecified atom stereocenters. The molecule has 0 aliphatic rings. The van der Waals surface area contributed by atoms with Crippen molar-refractivity contribution in [1.82, 2.24) is 10.6 Å². The second-order valence-electron chi connectivity index (χ2n) is 9.01. The highest BCUT2D eigenvalue weighted by Crippen LogP contribution is 2.38. The third-order valence-electron chi connectivity index (χ3n) is 5.93. The Morgan fingerprint density at radius 1 is 0.833 bits per heavy atom. The highest BCUT2D eigenvalue weighted by molar-refractivity contribution is 5.78. The number of urea groups is 1. The summed E-state index contributed by atoms with van der Waals surface area (Å²) in [7, 11) is 0. The summed E-state index contributed by atoms with van der Waals surface area (Å²) in [4.78, 5) is 24.1. The number of hydrogen-bond acceptors (Lipinski definition) is 3. The second kappa shape index (κ2) is 12.6. The minimum Gasteiger partial charge on any atom is -0.481 e. The maximum absolute atomic E-state index is 14.8. The monoisotopic (exact) mass is 608 g/mol. The Balaban J connectivity index is 2.23. The molecular weight excluding hydrogens is 587 g/mol. The van der Waals surface area contributed by atoms with Gasteiger partial charge in [0.25, 0.3) is 0 Å². The highest BCUT2D eigenvalue weighted by atomic mass is 19.4. The molecule has 0 radical (unpaired) electrons. The van der Waals surface area contributed by atoms with Crippen LogP contribution in [0, 0.1) is 11.6 Å². The van der Waals surface area contributed by atoms with Crippen LogP contribution in [0.2, 0.25) is 0 Å². The predicted molar refractivity (Wildman–Crippen MR) is 129 cm³/mol. The van der Waals surface area contributed by atoms with Crippen LogP contribution in [0.3, 0.4) is 0 Å². The van der Waals surface area contributed by atoms with Gasteiger partial charge in [-0.1, -0.05) is 42.5 Å². The molecule has 3 rings (SSSR count). The topological polar surface area (TPSA) is 87.7 Å². The molecule has 0 heterocycles. The molecule has 42 heavy (non-hydrogen) atoms. The molecule has 226 valence electrons. The lowest BCUT2D eigenvalue weighted by Crippen LogP contribution is -2.56. The summed E-state index contributed by atoms with van der Waals surface area (Å²) in [5, 5.41) is 12.6. The standard InChI is InChI=1S/C27H21F9N2O4/c28-18-8-6-16(7-9-18)25(14-15-4-2-1-3-5-15,38-24(41)37-21(13-22(39)40)26(32,33)34)17-10-19(29)12-20(11-17)42-27(35,36)23(30)31/h1-12,21,23H,13-14H2,(H,39,40)(H2,37,38,41)/t21?,25-/m1/s1. The summed E-state index contributed by atoms with van der Waals surface area (Å²) in [5.74, 6) is -5.15. The summed E-state index contributed by atoms with van der Waals surface area (Å²) < 4.78 is 126. The van der Waals surface area contributed by atoms with Gasteiger partial charge in [-0.3, -0.25) is 4.79 Å². The fraction of sp³-hybridized carbons (Fsp3) is 0.259. The molecule has 3 N–H and O–H groups in total. The van der Waals surface area contributed by atoms with E-state index in [0.29, 0.717) is 23.8 Å². The van der Waals surface area contributed by atoms with E-state index in [4.69, 9.17) is 5.11 Å². The maximum atomic E-state index is 14.8. The second-order valence-corrected chi connectivity index (χ2v) is 9.01. The van der Waals surface area contributed by atoms with Crippen molar-refractivity contribution in [2.24, 2.45) is 0 Å². The molecule has 2 amide bonds. The molecule has 3 aromatic rings. The van der Waals surface area contributed by atoms with Crippen LogP contribution < -0.4 is 15.4 Å². The number of hydrogen-bond donors (Lipinski definition) is 3. The first-order valence-electron chi connectivity index (χ1n) is 11.8. The molecule has 0 aromatic heterocycles. The van der Waals surface area contributed by atoms with Gasteiger partial charge in [0.1, 0.15) is 23.4 Å². The number of aliphatic carboxylic acids is 1. The summed E-state index contributed by atoms with van der Waals surface area (Å²) in [6.45, 7) is 0. The molecule has 2 atom stereocenters. The minimum absolute atomic E-state index is 0.109. The molecule has 6 nitrogen and oxygen atoms in total. The molecule has 0 saturated carbocycles. The molecule has 0 bridgehead atoms. The molecule has 15 heteroatoms. The molecule has 0 saturated heterocycles. The lowest BCUT2D eigenvalue weighted by molar-refractivity contribution is -0.253. The number of nitrogens with one attached hydrogen (secondary N) is 2. The third-order valence-corrected chi connectivity index (χ3v) is 5.93. The predicted octanol–water partition coefficient (Wildman–Crippen LogP) is 6.39. The summed E-state index contributed by atoms with van der Waals surface area (Å²) in [6.07, 6.45) is -16.6. The van der Waals surface area contributed by atoms with E-state index < -0.39 is 78.1 Å². The SMILES string of the molecule is O=C(O)CC(NC(=O)N[C@](Cc1ccccc1)(c1ccc(F)cc1)c1cc(F)cc(OC(F)(F)C(F)F)c1)C(F)(F)F. The zero-order chi connectivity index (χ0) is 31.3. The van der Waals surface area contributed by atoms with Gasteiger partial charge in [-0.2, -0.15) is 30.7 Å². The smallest absolute Gasteiger partial charge is 0.461 e. The van der Waals surface area contributed by atoms with Crippen LogP contribution >= 0.6 is 0 Å². The normalized spacial score (nSPS) is 14.1. The van der Waals surface area contributed by atoms with Crippen LogP contribution in [-0.4, -0.2) is 41.9 Å². The molecular formula is C27H21F9N2O4. The minimum atomic E-state index is -5.23. The molecule has 0 spiro atoms. The molecule has 3 aromatic carbocycles. The number of amides is 2. The van der Waals surface area contributed by atoms with E-state index in [1.54, 1.807) is 6.07 Å². The van der Waals surface area contributed by atoms with Gasteiger partial charge in [-0.15, -0.1) is 0 Å². The number of carbonyl (C=O) groups is 2. The average Bonchev–Trinajstić information content (AvgIpc) is 2.87. The lowest BCUT2D eigenvalue weighted by atomic mass is 9.77. The fourth-order valence-electron chi connectivity index (χ4n) is 4.08. The van der Waals surface area contributed by atoms with Crippen molar-refractivity contribution in [3.63, 3.8) is 0 Å². The van der Waals surface area contributed by atoms with Crippen molar-refractivity contribution in [2.75, 3.05) is 0 Å². The number of alkyl halides is 7. The summed E-state index contributed by atoms with van der Waals surface area (Å²) in [6, 6.07) is 8.67. The Labute approximate surface area is 232 Å². The quantitative estimate of drug-likeness (QED) is 0.220. The van der Waals surface area contributed by atoms with Crippen LogP contribution in [-0.2, 0) is 16.8 Å². The number of carboxylic acid groups (broad SMARTS) is 1. The highest BCUT2D eigenvalue weighted by Gasteiger charge is 2.46. The first-order chi connectivity index (χ1) is 19.5. The van der Waals surface area contributed by atoms with Crippen molar-refractivity contribution < 1.29 is 58.9 Å². The first-order valence-corrected chi connectivity index (χ1v) is 11.8. The van der Waals surface area contributed by atoms with Gasteiger partial charge < -0.3 is 20.5 Å². The number of benzene rings is 3. The van der Waals surface area contributed by atoms with Crippen LogP contribution in [0.15, 0.2) is 72.8 Å². The van der Waals surface area contributed by atoms with E-state index in [1.807, 2.05) is 0 Å². The lowest BCUT2D eigenvalue weighted by Gasteiger charge is -2.37. The Hall–Kier alpha value is -4.43. The van der Waals surface area contributed by atoms with E-state index in [0.717, 1.165) is 24.3 Å². The van der Waals surface area contributed by atoms with Crippen LogP contribution in [0.4, 0.5) is 44.3 Å². The van der Waals surface area contributed by atoms with Gasteiger partial charge in [0.15, 0.2) is 0 Å². The van der Waals surface area contributed by atoms with Gasteiger partial charge in [-0.05, 0) is 41.0 Å². The van der Waals surface area contributed by atoms with Crippen LogP contribution in [0.5, 0.6) is 5.75 Å². The fourth-order valence-corrected chi connectivity index (χ4v) is 4.08. The van der Waals surface area contributed by atoms with E-state index in [9.17, 15) is 49.1 Å². The van der Waals surface area contributed by atoms with Crippen LogP contribution in [0.1, 0.15) is 23.1 Å². The van der Waals surface area contributed by atoms with E-state index >= 15 is 0 Å². The average molecular weight is 608 g/mol. The Morgan fingerprint density at radius 2 is 1.45 bits per heavy atom. The molecule has 0 aliphatic heterocycles. The van der Waals surface area contributed by atoms with Crippen molar-refractivity contribution in [1.29, 1.82) is 0 Å². The molecule has 0 fully saturated rings. The van der Waals surface area contributed by atoms with Gasteiger partial charge in [0.2, 0.25) is 0 Å². The van der Waals surface area contributed by atoms with Crippen molar-refractivity contribution in [3.8, 4) is 5.75 Å². The Kier molecular flexibility index (Phi) is 9.64. The van der Waals surface area contributed by atoms with Crippen LogP contribution in [0.25, 0.3) is 0 Å². The largest absolute Gasteiger partial charge is 0.481 e. The van der Waals surface area contributed by atoms with Gasteiger partial charge >= 0.3 is 30.7 Å². The van der Waals surface area contributed by atoms with Gasteiger partial charge in [0, 0.05) is 12.5 Å². The Bertz CT molecular complexity index is 1390. The molecule has 0 aliphatic carbocycles. The van der Waals surface area contributed by atoms with E-state index in [2.05, 4.69) is 10.1 Å². The zero-order valence-corrected chi connectivity index (χ0v) is 21.1. The maximum Gasteiger partial charge on any atom is 0.461 e. The number of rotatable bonds is 11. The van der Waals surface area contributed by atoms with Crippen molar-refractivity contribution in [3.05, 3.63) is 101 Å². The summed E-state index contributed by atoms with van der Waals surface area (Å²) >= 11 is 0. The van der Waals surface area contributed by atoms with Gasteiger partial charge in [-0.25, -0.2) is 13.6 Å². The summed E-state index contributed by atoms with van der Waals surface area (Å²) in [5.41, 5.74) is -2.44. The number of ether oxygens (including phenoxy) is 1. The Morgan fingerprint density at radius 3 is 2.00 bits per heavy atom. The number of halogens is 9. The van der Waals surface area contributed by atoms with E-state index in [1.165, 1.54) is 29.6 Å². The zero-order valence-electron chi connectivity index (χ0n) is 21.1.